The van der Waals surface area contributed by atoms with Gasteiger partial charge in [-0.15, -0.1) is 0 Å². The van der Waals surface area contributed by atoms with Gasteiger partial charge in [-0.2, -0.15) is 0 Å². The first-order chi connectivity index (χ1) is 13.0. The van der Waals surface area contributed by atoms with Crippen molar-refractivity contribution in [1.29, 1.82) is 0 Å². The zero-order chi connectivity index (χ0) is 20.1. The van der Waals surface area contributed by atoms with Gasteiger partial charge in [0.25, 0.3) is 0 Å². The van der Waals surface area contributed by atoms with E-state index in [1.807, 2.05) is 0 Å². The number of Topliss-reactive ketones (excluding diaryl/α,β-unsaturated/α-hetero) is 1. The number of aliphatic hydroxyl groups excluding tert-OH is 1. The lowest BCUT2D eigenvalue weighted by Crippen LogP contribution is -2.65. The van der Waals surface area contributed by atoms with Crippen molar-refractivity contribution in [2.24, 2.45) is 45.3 Å². The molecule has 3 saturated carbocycles. The maximum absolute atomic E-state index is 13.8. The minimum absolute atomic E-state index is 0.134. The first kappa shape index (κ1) is 19.3. The molecule has 5 aliphatic rings. The van der Waals surface area contributed by atoms with Crippen LogP contribution < -0.4 is 0 Å². The molecular weight excluding hydrogens is 348 g/mol. The third kappa shape index (κ3) is 2.16. The minimum atomic E-state index is -0.816. The third-order valence-corrected chi connectivity index (χ3v) is 10.7. The highest BCUT2D eigenvalue weighted by Crippen LogP contribution is 2.72. The SMILES string of the molecule is CC1(C)CCC[C@@]2(C)C1CC[C@]1(C)C2CC(=O)[C@@]2(C)C1CC=C1CO[C@@H](O)[C@@H]12. The maximum Gasteiger partial charge on any atom is 0.162 e. The molecule has 1 heterocycles. The maximum atomic E-state index is 13.8. The molecule has 0 spiro atoms. The van der Waals surface area contributed by atoms with Gasteiger partial charge in [0, 0.05) is 17.8 Å². The summed E-state index contributed by atoms with van der Waals surface area (Å²) in [6.07, 6.45) is 9.57. The van der Waals surface area contributed by atoms with Crippen LogP contribution in [0.25, 0.3) is 0 Å². The summed E-state index contributed by atoms with van der Waals surface area (Å²) in [5.74, 6) is 1.77. The van der Waals surface area contributed by atoms with E-state index in [1.165, 1.54) is 37.7 Å². The number of rotatable bonds is 0. The van der Waals surface area contributed by atoms with Gasteiger partial charge in [0.1, 0.15) is 5.78 Å². The molecule has 4 fully saturated rings. The fourth-order valence-corrected chi connectivity index (χ4v) is 9.45. The predicted molar refractivity (Wildman–Crippen MR) is 109 cm³/mol. The summed E-state index contributed by atoms with van der Waals surface area (Å²) in [5, 5.41) is 10.6. The van der Waals surface area contributed by atoms with E-state index in [4.69, 9.17) is 4.74 Å². The van der Waals surface area contributed by atoms with Crippen LogP contribution in [0.5, 0.6) is 0 Å². The van der Waals surface area contributed by atoms with E-state index >= 15 is 0 Å². The first-order valence-electron chi connectivity index (χ1n) is 11.6. The number of ketones is 1. The standard InChI is InChI=1S/C25H38O3/c1-22(2)10-6-11-23(3)16(22)9-12-24(4)17-8-7-15-14-28-21(27)20(15)25(17,5)19(26)13-18(23)24/h7,16-18,20-21,27H,6,8-14H2,1-5H3/t16?,17?,18?,20-,21-,23+,24+,25-/m1/s1. The second kappa shape index (κ2) is 5.72. The van der Waals surface area contributed by atoms with Crippen molar-refractivity contribution in [1.82, 2.24) is 0 Å². The van der Waals surface area contributed by atoms with Gasteiger partial charge in [0.05, 0.1) is 6.61 Å². The molecule has 3 nitrogen and oxygen atoms in total. The second-order valence-corrected chi connectivity index (χ2v) is 12.2. The Morgan fingerprint density at radius 1 is 1.00 bits per heavy atom. The van der Waals surface area contributed by atoms with Crippen LogP contribution in [-0.2, 0) is 9.53 Å². The quantitative estimate of drug-likeness (QED) is 0.587. The van der Waals surface area contributed by atoms with Gasteiger partial charge in [0.15, 0.2) is 6.29 Å². The Morgan fingerprint density at radius 2 is 1.71 bits per heavy atom. The first-order valence-corrected chi connectivity index (χ1v) is 11.6. The number of carbonyl (C=O) groups is 1. The molecule has 0 aromatic rings. The molecule has 0 radical (unpaired) electrons. The Kier molecular flexibility index (Phi) is 3.95. The summed E-state index contributed by atoms with van der Waals surface area (Å²) in [5.41, 5.74) is 1.51. The second-order valence-electron chi connectivity index (χ2n) is 12.2. The van der Waals surface area contributed by atoms with Crippen molar-refractivity contribution in [3.63, 3.8) is 0 Å². The lowest BCUT2D eigenvalue weighted by molar-refractivity contribution is -0.210. The Labute approximate surface area is 170 Å². The Hall–Kier alpha value is -0.670. The topological polar surface area (TPSA) is 46.5 Å². The van der Waals surface area contributed by atoms with E-state index < -0.39 is 11.7 Å². The number of aliphatic hydroxyl groups is 1. The largest absolute Gasteiger partial charge is 0.367 e. The van der Waals surface area contributed by atoms with Crippen LogP contribution in [0.4, 0.5) is 0 Å². The summed E-state index contributed by atoms with van der Waals surface area (Å²) in [6, 6.07) is 0. The van der Waals surface area contributed by atoms with E-state index in [1.54, 1.807) is 0 Å². The summed E-state index contributed by atoms with van der Waals surface area (Å²) < 4.78 is 5.60. The highest BCUT2D eigenvalue weighted by molar-refractivity contribution is 5.87. The third-order valence-electron chi connectivity index (χ3n) is 10.7. The summed E-state index contributed by atoms with van der Waals surface area (Å²) in [6.45, 7) is 12.6. The lowest BCUT2D eigenvalue weighted by atomic mass is 9.35. The summed E-state index contributed by atoms with van der Waals surface area (Å²) in [4.78, 5) is 13.8. The number of allylic oxidation sites excluding steroid dienone is 1. The number of hydrogen-bond donors (Lipinski definition) is 1. The number of carbonyl (C=O) groups excluding carboxylic acids is 1. The van der Waals surface area contributed by atoms with Crippen molar-refractivity contribution in [3.05, 3.63) is 11.6 Å². The average molecular weight is 387 g/mol. The van der Waals surface area contributed by atoms with Crippen LogP contribution in [0.3, 0.4) is 0 Å². The van der Waals surface area contributed by atoms with E-state index in [-0.39, 0.29) is 16.7 Å². The molecule has 8 atom stereocenters. The van der Waals surface area contributed by atoms with Crippen LogP contribution in [-0.4, -0.2) is 23.8 Å². The predicted octanol–water partition coefficient (Wildman–Crippen LogP) is 5.13. The molecule has 4 aliphatic carbocycles. The molecule has 156 valence electrons. The smallest absolute Gasteiger partial charge is 0.162 e. The molecule has 0 aromatic heterocycles. The Morgan fingerprint density at radius 3 is 2.46 bits per heavy atom. The van der Waals surface area contributed by atoms with Gasteiger partial charge in [-0.25, -0.2) is 0 Å². The Balaban J connectivity index is 1.60. The molecule has 3 heteroatoms. The van der Waals surface area contributed by atoms with E-state index in [9.17, 15) is 9.90 Å². The fourth-order valence-electron chi connectivity index (χ4n) is 9.45. The van der Waals surface area contributed by atoms with Gasteiger partial charge >= 0.3 is 0 Å². The molecule has 1 N–H and O–H groups in total. The molecular formula is C25H38O3. The van der Waals surface area contributed by atoms with Crippen LogP contribution in [0.15, 0.2) is 11.6 Å². The van der Waals surface area contributed by atoms with Crippen molar-refractivity contribution < 1.29 is 14.6 Å². The average Bonchev–Trinajstić information content (AvgIpc) is 2.99. The summed E-state index contributed by atoms with van der Waals surface area (Å²) >= 11 is 0. The molecule has 1 aliphatic heterocycles. The van der Waals surface area contributed by atoms with Crippen LogP contribution in [0.2, 0.25) is 0 Å². The fraction of sp³-hybridized carbons (Fsp3) is 0.880. The van der Waals surface area contributed by atoms with Gasteiger partial charge in [-0.1, -0.05) is 47.1 Å². The van der Waals surface area contributed by atoms with Crippen molar-refractivity contribution in [3.8, 4) is 0 Å². The van der Waals surface area contributed by atoms with Crippen LogP contribution in [0, 0.1) is 45.3 Å². The molecule has 28 heavy (non-hydrogen) atoms. The van der Waals surface area contributed by atoms with Gasteiger partial charge in [-0.05, 0) is 71.7 Å². The van der Waals surface area contributed by atoms with Crippen molar-refractivity contribution in [2.75, 3.05) is 6.61 Å². The van der Waals surface area contributed by atoms with Crippen molar-refractivity contribution >= 4 is 5.78 Å². The number of ether oxygens (including phenoxy) is 1. The Bertz CT molecular complexity index is 738. The zero-order valence-electron chi connectivity index (χ0n) is 18.4. The number of fused-ring (bicyclic) bond motifs is 7. The van der Waals surface area contributed by atoms with Crippen molar-refractivity contribution in [2.45, 2.75) is 85.9 Å². The molecule has 3 unspecified atom stereocenters. The molecule has 0 bridgehead atoms. The van der Waals surface area contributed by atoms with Gasteiger partial charge in [-0.3, -0.25) is 4.79 Å². The van der Waals surface area contributed by atoms with Crippen LogP contribution >= 0.6 is 0 Å². The van der Waals surface area contributed by atoms with E-state index in [2.05, 4.69) is 40.7 Å². The minimum Gasteiger partial charge on any atom is -0.367 e. The number of hydrogen-bond acceptors (Lipinski definition) is 3. The highest BCUT2D eigenvalue weighted by Gasteiger charge is 2.69. The molecule has 5 rings (SSSR count). The zero-order valence-corrected chi connectivity index (χ0v) is 18.4. The normalized spacial score (nSPS) is 54.9. The molecule has 0 aromatic carbocycles. The van der Waals surface area contributed by atoms with Gasteiger partial charge < -0.3 is 9.84 Å². The van der Waals surface area contributed by atoms with E-state index in [0.29, 0.717) is 36.1 Å². The monoisotopic (exact) mass is 386 g/mol. The van der Waals surface area contributed by atoms with Gasteiger partial charge in [0.2, 0.25) is 0 Å². The lowest BCUT2D eigenvalue weighted by Gasteiger charge is -2.69. The summed E-state index contributed by atoms with van der Waals surface area (Å²) in [7, 11) is 0. The molecule has 0 amide bonds. The van der Waals surface area contributed by atoms with E-state index in [0.717, 1.165) is 12.3 Å². The highest BCUT2D eigenvalue weighted by atomic mass is 16.6. The van der Waals surface area contributed by atoms with Crippen LogP contribution in [0.1, 0.15) is 79.6 Å². The molecule has 1 saturated heterocycles.